The predicted octanol–water partition coefficient (Wildman–Crippen LogP) is 2.91. The Kier molecular flexibility index (Phi) is 7.96. The molecule has 0 spiro atoms. The minimum absolute atomic E-state index is 0.0877. The molecule has 0 fully saturated rings. The minimum atomic E-state index is -3.62. The number of sulfonamides is 1. The van der Waals surface area contributed by atoms with Crippen molar-refractivity contribution in [2.75, 3.05) is 25.5 Å². The van der Waals surface area contributed by atoms with Crippen LogP contribution in [0.3, 0.4) is 0 Å². The van der Waals surface area contributed by atoms with Crippen molar-refractivity contribution in [2.45, 2.75) is 31.8 Å². The van der Waals surface area contributed by atoms with Crippen LogP contribution in [0.1, 0.15) is 31.1 Å². The molecule has 0 aliphatic rings. The van der Waals surface area contributed by atoms with Gasteiger partial charge in [-0.15, -0.1) is 0 Å². The fraction of sp³-hybridized carbons (Fsp3) is 0.333. The van der Waals surface area contributed by atoms with E-state index in [1.165, 1.54) is 42.6 Å². The maximum absolute atomic E-state index is 12.5. The maximum Gasteiger partial charge on any atom is 0.338 e. The third-order valence-corrected chi connectivity index (χ3v) is 6.52. The second-order valence-electron chi connectivity index (χ2n) is 6.35. The van der Waals surface area contributed by atoms with Gasteiger partial charge >= 0.3 is 5.97 Å². The van der Waals surface area contributed by atoms with Crippen molar-refractivity contribution in [1.82, 2.24) is 4.31 Å². The average molecular weight is 435 g/mol. The summed E-state index contributed by atoms with van der Waals surface area (Å²) in [4.78, 5) is 24.8. The molecule has 0 saturated carbocycles. The minimum Gasteiger partial charge on any atom is -0.495 e. The summed E-state index contributed by atoms with van der Waals surface area (Å²) in [5, 5.41) is 2.65. The van der Waals surface area contributed by atoms with E-state index in [1.54, 1.807) is 38.1 Å². The van der Waals surface area contributed by atoms with Gasteiger partial charge in [0.15, 0.2) is 6.10 Å². The summed E-state index contributed by atoms with van der Waals surface area (Å²) >= 11 is 0. The molecule has 2 rings (SSSR count). The van der Waals surface area contributed by atoms with Gasteiger partial charge in [-0.05, 0) is 43.3 Å². The maximum atomic E-state index is 12.5. The monoisotopic (exact) mass is 434 g/mol. The standard InChI is InChI=1S/C21H26N2O6S/c1-5-23(6-2)30(26,27)17-13-11-16(12-14-17)21(25)29-15(3)20(24)22-18-9-7-8-10-19(18)28-4/h7-15H,5-6H2,1-4H3,(H,22,24). The van der Waals surface area contributed by atoms with E-state index in [-0.39, 0.29) is 10.5 Å². The number of para-hydroxylation sites is 2. The van der Waals surface area contributed by atoms with Gasteiger partial charge in [0.25, 0.3) is 5.91 Å². The molecule has 0 bridgehead atoms. The van der Waals surface area contributed by atoms with E-state index < -0.39 is 28.0 Å². The number of nitrogens with one attached hydrogen (secondary N) is 1. The summed E-state index contributed by atoms with van der Waals surface area (Å²) in [6, 6.07) is 12.3. The quantitative estimate of drug-likeness (QED) is 0.609. The number of rotatable bonds is 9. The molecule has 2 aromatic rings. The normalized spacial score (nSPS) is 12.3. The molecule has 2 aromatic carbocycles. The number of hydrogen-bond acceptors (Lipinski definition) is 6. The molecule has 0 aliphatic heterocycles. The second kappa shape index (κ2) is 10.2. The number of benzene rings is 2. The van der Waals surface area contributed by atoms with Crippen LogP contribution in [-0.4, -0.2) is 50.9 Å². The van der Waals surface area contributed by atoms with Crippen LogP contribution in [0.15, 0.2) is 53.4 Å². The number of ether oxygens (including phenoxy) is 2. The van der Waals surface area contributed by atoms with Gasteiger partial charge in [-0.3, -0.25) is 4.79 Å². The summed E-state index contributed by atoms with van der Waals surface area (Å²) in [6.07, 6.45) is -1.07. The lowest BCUT2D eigenvalue weighted by Crippen LogP contribution is -2.31. The van der Waals surface area contributed by atoms with Gasteiger partial charge in [0.2, 0.25) is 10.0 Å². The molecule has 0 radical (unpaired) electrons. The van der Waals surface area contributed by atoms with Gasteiger partial charge in [0, 0.05) is 13.1 Å². The van der Waals surface area contributed by atoms with Gasteiger partial charge in [0.1, 0.15) is 5.75 Å². The van der Waals surface area contributed by atoms with E-state index in [9.17, 15) is 18.0 Å². The van der Waals surface area contributed by atoms with Crippen LogP contribution in [0, 0.1) is 0 Å². The van der Waals surface area contributed by atoms with E-state index in [2.05, 4.69) is 5.32 Å². The second-order valence-corrected chi connectivity index (χ2v) is 8.29. The molecule has 9 heteroatoms. The first-order valence-corrected chi connectivity index (χ1v) is 10.9. The summed E-state index contributed by atoms with van der Waals surface area (Å²) < 4.78 is 36.7. The van der Waals surface area contributed by atoms with Gasteiger partial charge in [0.05, 0.1) is 23.3 Å². The molecule has 8 nitrogen and oxygen atoms in total. The van der Waals surface area contributed by atoms with Crippen LogP contribution in [0.5, 0.6) is 5.75 Å². The number of nitrogens with zero attached hydrogens (tertiary/aromatic N) is 1. The molecule has 0 saturated heterocycles. The Morgan fingerprint density at radius 1 is 1.03 bits per heavy atom. The van der Waals surface area contributed by atoms with Crippen molar-refractivity contribution < 1.29 is 27.5 Å². The summed E-state index contributed by atoms with van der Waals surface area (Å²) in [6.45, 7) is 5.65. The van der Waals surface area contributed by atoms with Crippen LogP contribution in [0.2, 0.25) is 0 Å². The molecule has 0 aliphatic carbocycles. The Morgan fingerprint density at radius 2 is 1.63 bits per heavy atom. The third-order valence-electron chi connectivity index (χ3n) is 4.45. The van der Waals surface area contributed by atoms with Crippen LogP contribution in [0.4, 0.5) is 5.69 Å². The molecule has 30 heavy (non-hydrogen) atoms. The predicted molar refractivity (Wildman–Crippen MR) is 113 cm³/mol. The largest absolute Gasteiger partial charge is 0.495 e. The molecule has 1 atom stereocenters. The van der Waals surface area contributed by atoms with Gasteiger partial charge in [-0.1, -0.05) is 26.0 Å². The summed E-state index contributed by atoms with van der Waals surface area (Å²) in [7, 11) is -2.13. The van der Waals surface area contributed by atoms with Crippen LogP contribution in [0.25, 0.3) is 0 Å². The van der Waals surface area contributed by atoms with Crippen LogP contribution < -0.4 is 10.1 Å². The first kappa shape index (κ1) is 23.4. The zero-order chi connectivity index (χ0) is 22.3. The molecule has 1 unspecified atom stereocenters. The summed E-state index contributed by atoms with van der Waals surface area (Å²) in [5.74, 6) is -0.771. The van der Waals surface area contributed by atoms with E-state index in [1.807, 2.05) is 0 Å². The first-order valence-electron chi connectivity index (χ1n) is 9.49. The lowest BCUT2D eigenvalue weighted by molar-refractivity contribution is -0.123. The molecular formula is C21H26N2O6S. The fourth-order valence-electron chi connectivity index (χ4n) is 2.74. The lowest BCUT2D eigenvalue weighted by Gasteiger charge is -2.18. The number of carbonyl (C=O) groups excluding carboxylic acids is 2. The lowest BCUT2D eigenvalue weighted by atomic mass is 10.2. The van der Waals surface area contributed by atoms with E-state index >= 15 is 0 Å². The Labute approximate surface area is 176 Å². The summed E-state index contributed by atoms with van der Waals surface area (Å²) in [5.41, 5.74) is 0.601. The van der Waals surface area contributed by atoms with Gasteiger partial charge < -0.3 is 14.8 Å². The zero-order valence-electron chi connectivity index (χ0n) is 17.4. The smallest absolute Gasteiger partial charge is 0.338 e. The first-order chi connectivity index (χ1) is 14.2. The highest BCUT2D eigenvalue weighted by molar-refractivity contribution is 7.89. The Bertz CT molecular complexity index is 985. The topological polar surface area (TPSA) is 102 Å². The molecule has 1 N–H and O–H groups in total. The Morgan fingerprint density at radius 3 is 2.20 bits per heavy atom. The van der Waals surface area contributed by atoms with Crippen molar-refractivity contribution in [3.63, 3.8) is 0 Å². The van der Waals surface area contributed by atoms with Crippen molar-refractivity contribution in [1.29, 1.82) is 0 Å². The van der Waals surface area contributed by atoms with Crippen molar-refractivity contribution >= 4 is 27.6 Å². The van der Waals surface area contributed by atoms with Crippen molar-refractivity contribution in [3.05, 3.63) is 54.1 Å². The van der Waals surface area contributed by atoms with Crippen molar-refractivity contribution in [3.8, 4) is 5.75 Å². The average Bonchev–Trinajstić information content (AvgIpc) is 2.74. The molecule has 162 valence electrons. The highest BCUT2D eigenvalue weighted by Gasteiger charge is 2.23. The van der Waals surface area contributed by atoms with Crippen LogP contribution >= 0.6 is 0 Å². The molecule has 1 amide bonds. The third kappa shape index (κ3) is 5.37. The number of carbonyl (C=O) groups is 2. The van der Waals surface area contributed by atoms with Gasteiger partial charge in [-0.2, -0.15) is 4.31 Å². The molecule has 0 aromatic heterocycles. The Balaban J connectivity index is 2.06. The Hall–Kier alpha value is -2.91. The number of anilines is 1. The fourth-order valence-corrected chi connectivity index (χ4v) is 4.20. The van der Waals surface area contributed by atoms with E-state index in [0.29, 0.717) is 24.5 Å². The number of hydrogen-bond donors (Lipinski definition) is 1. The highest BCUT2D eigenvalue weighted by atomic mass is 32.2. The zero-order valence-corrected chi connectivity index (χ0v) is 18.2. The highest BCUT2D eigenvalue weighted by Crippen LogP contribution is 2.23. The van der Waals surface area contributed by atoms with E-state index in [0.717, 1.165) is 0 Å². The number of amides is 1. The molecule has 0 heterocycles. The number of methoxy groups -OCH3 is 1. The van der Waals surface area contributed by atoms with Crippen molar-refractivity contribution in [2.24, 2.45) is 0 Å². The van der Waals surface area contributed by atoms with Gasteiger partial charge in [-0.25, -0.2) is 13.2 Å². The molecular weight excluding hydrogens is 408 g/mol. The SMILES string of the molecule is CCN(CC)S(=O)(=O)c1ccc(C(=O)OC(C)C(=O)Nc2ccccc2OC)cc1. The van der Waals surface area contributed by atoms with E-state index in [4.69, 9.17) is 9.47 Å². The van der Waals surface area contributed by atoms with Crippen LogP contribution in [-0.2, 0) is 19.6 Å². The number of esters is 1.